The molecule has 14 heavy (non-hydrogen) atoms. The van der Waals surface area contributed by atoms with Crippen molar-refractivity contribution in [3.8, 4) is 5.75 Å². The van der Waals surface area contributed by atoms with E-state index in [4.69, 9.17) is 9.94 Å². The van der Waals surface area contributed by atoms with Crippen LogP contribution in [0.2, 0.25) is 0 Å². The molecule has 2 N–H and O–H groups in total. The molecule has 0 bridgehead atoms. The predicted octanol–water partition coefficient (Wildman–Crippen LogP) is 1.09. The zero-order chi connectivity index (χ0) is 10.4. The van der Waals surface area contributed by atoms with E-state index in [-0.39, 0.29) is 0 Å². The second kappa shape index (κ2) is 4.86. The number of carbonyl (C=O) groups is 1. The molecule has 0 atom stereocenters. The number of carbonyl (C=O) groups excluding carboxylic acids is 1. The maximum absolute atomic E-state index is 10.9. The number of benzene rings is 1. The Morgan fingerprint density at radius 3 is 2.64 bits per heavy atom. The second-order valence-corrected chi connectivity index (χ2v) is 2.46. The maximum Gasteiger partial charge on any atom is 0.270 e. The average Bonchev–Trinajstić information content (AvgIpc) is 2.19. The summed E-state index contributed by atoms with van der Waals surface area (Å²) in [7, 11) is 1.56. The second-order valence-electron chi connectivity index (χ2n) is 2.46. The third kappa shape index (κ3) is 2.78. The first-order valence-electron chi connectivity index (χ1n) is 3.88. The molecule has 5 nitrogen and oxygen atoms in total. The zero-order valence-electron chi connectivity index (χ0n) is 7.60. The van der Waals surface area contributed by atoms with Gasteiger partial charge in [-0.3, -0.25) is 4.79 Å². The van der Waals surface area contributed by atoms with Crippen LogP contribution in [0.15, 0.2) is 29.4 Å². The van der Waals surface area contributed by atoms with Gasteiger partial charge in [0.15, 0.2) is 0 Å². The van der Waals surface area contributed by atoms with Gasteiger partial charge in [0.1, 0.15) is 12.0 Å². The molecule has 5 heteroatoms. The van der Waals surface area contributed by atoms with E-state index in [0.29, 0.717) is 11.4 Å². The first kappa shape index (κ1) is 10.0. The lowest BCUT2D eigenvalue weighted by atomic mass is 10.3. The summed E-state index contributed by atoms with van der Waals surface area (Å²) >= 11 is 0. The van der Waals surface area contributed by atoms with Crippen molar-refractivity contribution >= 4 is 17.8 Å². The van der Waals surface area contributed by atoms with Crippen molar-refractivity contribution in [1.29, 1.82) is 0 Å². The van der Waals surface area contributed by atoms with Gasteiger partial charge >= 0.3 is 0 Å². The average molecular weight is 194 g/mol. The molecule has 0 aliphatic carbocycles. The minimum atomic E-state index is -0.488. The molecule has 0 fully saturated rings. The standard InChI is InChI=1S/C9H10N2O3/c1-14-8-4-2-7(3-5-8)11-9(12)6-10-13/h2-6,13H,1H3,(H,11,12)/b10-6-. The van der Waals surface area contributed by atoms with Gasteiger partial charge in [0.05, 0.1) is 7.11 Å². The molecule has 1 rings (SSSR count). The lowest BCUT2D eigenvalue weighted by molar-refractivity contribution is -0.110. The molecule has 0 aromatic heterocycles. The van der Waals surface area contributed by atoms with Crippen LogP contribution in [0.5, 0.6) is 5.75 Å². The van der Waals surface area contributed by atoms with Gasteiger partial charge in [0.25, 0.3) is 5.91 Å². The van der Waals surface area contributed by atoms with Crippen LogP contribution in [0.25, 0.3) is 0 Å². The van der Waals surface area contributed by atoms with Crippen molar-refractivity contribution < 1.29 is 14.7 Å². The number of nitrogens with one attached hydrogen (secondary N) is 1. The monoisotopic (exact) mass is 194 g/mol. The van der Waals surface area contributed by atoms with Gasteiger partial charge in [-0.05, 0) is 24.3 Å². The Kier molecular flexibility index (Phi) is 3.49. The summed E-state index contributed by atoms with van der Waals surface area (Å²) in [6.45, 7) is 0. The summed E-state index contributed by atoms with van der Waals surface area (Å²) in [5.74, 6) is 0.219. The van der Waals surface area contributed by atoms with Gasteiger partial charge in [0.2, 0.25) is 0 Å². The van der Waals surface area contributed by atoms with Gasteiger partial charge in [-0.1, -0.05) is 5.16 Å². The van der Waals surface area contributed by atoms with Gasteiger partial charge in [-0.15, -0.1) is 0 Å². The largest absolute Gasteiger partial charge is 0.497 e. The van der Waals surface area contributed by atoms with Gasteiger partial charge in [-0.25, -0.2) is 0 Å². The summed E-state index contributed by atoms with van der Waals surface area (Å²) in [6, 6.07) is 6.79. The van der Waals surface area contributed by atoms with Crippen molar-refractivity contribution in [2.45, 2.75) is 0 Å². The van der Waals surface area contributed by atoms with Crippen LogP contribution in [0.3, 0.4) is 0 Å². The molecule has 0 saturated heterocycles. The summed E-state index contributed by atoms with van der Waals surface area (Å²) < 4.78 is 4.94. The summed E-state index contributed by atoms with van der Waals surface area (Å²) in [4.78, 5) is 10.9. The highest BCUT2D eigenvalue weighted by Crippen LogP contribution is 2.14. The zero-order valence-corrected chi connectivity index (χ0v) is 7.60. The normalized spacial score (nSPS) is 10.1. The molecule has 1 aromatic rings. The number of rotatable bonds is 3. The van der Waals surface area contributed by atoms with E-state index in [1.165, 1.54) is 0 Å². The molecule has 74 valence electrons. The Morgan fingerprint density at radius 1 is 1.50 bits per heavy atom. The fourth-order valence-electron chi connectivity index (χ4n) is 0.901. The number of ether oxygens (including phenoxy) is 1. The van der Waals surface area contributed by atoms with Crippen molar-refractivity contribution in [3.63, 3.8) is 0 Å². The minimum absolute atomic E-state index is 0.488. The molecular formula is C9H10N2O3. The number of methoxy groups -OCH3 is 1. The molecule has 1 aromatic carbocycles. The highest BCUT2D eigenvalue weighted by molar-refractivity contribution is 6.31. The molecule has 0 aliphatic rings. The topological polar surface area (TPSA) is 70.9 Å². The van der Waals surface area contributed by atoms with Crippen LogP contribution in [0, 0.1) is 0 Å². The van der Waals surface area contributed by atoms with E-state index < -0.39 is 5.91 Å². The Hall–Kier alpha value is -2.04. The number of oxime groups is 1. The van der Waals surface area contributed by atoms with Crippen LogP contribution >= 0.6 is 0 Å². The van der Waals surface area contributed by atoms with Crippen LogP contribution in [0.4, 0.5) is 5.69 Å². The van der Waals surface area contributed by atoms with E-state index in [0.717, 1.165) is 6.21 Å². The van der Waals surface area contributed by atoms with Crippen molar-refractivity contribution in [1.82, 2.24) is 0 Å². The quantitative estimate of drug-likeness (QED) is 0.430. The Morgan fingerprint density at radius 2 is 2.14 bits per heavy atom. The smallest absolute Gasteiger partial charge is 0.270 e. The highest BCUT2D eigenvalue weighted by atomic mass is 16.5. The molecule has 0 saturated carbocycles. The molecule has 0 aliphatic heterocycles. The van der Waals surface area contributed by atoms with E-state index in [2.05, 4.69) is 10.5 Å². The predicted molar refractivity (Wildman–Crippen MR) is 51.9 cm³/mol. The Bertz CT molecular complexity index is 332. The number of hydrogen-bond donors (Lipinski definition) is 2. The molecule has 0 unspecified atom stereocenters. The lowest BCUT2D eigenvalue weighted by Crippen LogP contribution is -2.12. The first-order valence-corrected chi connectivity index (χ1v) is 3.88. The summed E-state index contributed by atoms with van der Waals surface area (Å²) in [5, 5.41) is 13.2. The molecule has 1 amide bonds. The minimum Gasteiger partial charge on any atom is -0.497 e. The maximum atomic E-state index is 10.9. The molecular weight excluding hydrogens is 184 g/mol. The number of amides is 1. The lowest BCUT2D eigenvalue weighted by Gasteiger charge is -2.02. The van der Waals surface area contributed by atoms with Crippen LogP contribution in [-0.4, -0.2) is 24.4 Å². The third-order valence-electron chi connectivity index (χ3n) is 1.53. The van der Waals surface area contributed by atoms with Crippen LogP contribution in [-0.2, 0) is 4.79 Å². The highest BCUT2D eigenvalue weighted by Gasteiger charge is 1.98. The van der Waals surface area contributed by atoms with Crippen molar-refractivity contribution in [2.24, 2.45) is 5.16 Å². The van der Waals surface area contributed by atoms with Crippen molar-refractivity contribution in [2.75, 3.05) is 12.4 Å². The molecule has 0 heterocycles. The van der Waals surface area contributed by atoms with Crippen LogP contribution in [0.1, 0.15) is 0 Å². The number of anilines is 1. The Labute approximate surface area is 81.0 Å². The van der Waals surface area contributed by atoms with Gasteiger partial charge < -0.3 is 15.3 Å². The van der Waals surface area contributed by atoms with Gasteiger partial charge in [0, 0.05) is 5.69 Å². The number of hydrogen-bond acceptors (Lipinski definition) is 4. The van der Waals surface area contributed by atoms with E-state index in [1.807, 2.05) is 0 Å². The van der Waals surface area contributed by atoms with Crippen molar-refractivity contribution in [3.05, 3.63) is 24.3 Å². The Balaban J connectivity index is 2.64. The SMILES string of the molecule is COc1ccc(NC(=O)/C=N\O)cc1. The first-order chi connectivity index (χ1) is 6.76. The molecule has 0 radical (unpaired) electrons. The van der Waals surface area contributed by atoms with E-state index in [1.54, 1.807) is 31.4 Å². The fourth-order valence-corrected chi connectivity index (χ4v) is 0.901. The molecule has 0 spiro atoms. The summed E-state index contributed by atoms with van der Waals surface area (Å²) in [5.41, 5.74) is 0.607. The van der Waals surface area contributed by atoms with E-state index >= 15 is 0 Å². The van der Waals surface area contributed by atoms with Gasteiger partial charge in [-0.2, -0.15) is 0 Å². The summed E-state index contributed by atoms with van der Waals surface area (Å²) in [6.07, 6.45) is 0.782. The fraction of sp³-hybridized carbons (Fsp3) is 0.111. The van der Waals surface area contributed by atoms with Crippen LogP contribution < -0.4 is 10.1 Å². The number of nitrogens with zero attached hydrogens (tertiary/aromatic N) is 1. The van der Waals surface area contributed by atoms with E-state index in [9.17, 15) is 4.79 Å². The third-order valence-corrected chi connectivity index (χ3v) is 1.53.